The van der Waals surface area contributed by atoms with Gasteiger partial charge in [-0.25, -0.2) is 4.98 Å². The highest BCUT2D eigenvalue weighted by molar-refractivity contribution is 9.08. The van der Waals surface area contributed by atoms with Crippen LogP contribution in [-0.4, -0.2) is 4.98 Å². The molecular weight excluding hydrogens is 304 g/mol. The number of pyridine rings is 1. The first-order chi connectivity index (χ1) is 9.15. The first-order valence-corrected chi connectivity index (χ1v) is 6.97. The molecule has 0 saturated carbocycles. The number of aryl methyl sites for hydroxylation is 2. The Morgan fingerprint density at radius 1 is 1.32 bits per heavy atom. The maximum atomic E-state index is 8.94. The number of alkyl halides is 1. The van der Waals surface area contributed by atoms with Gasteiger partial charge in [0.25, 0.3) is 0 Å². The Labute approximate surface area is 121 Å². The minimum Gasteiger partial charge on any atom is -0.438 e. The number of nitriles is 1. The molecule has 0 aliphatic rings. The second-order valence-electron chi connectivity index (χ2n) is 4.25. The first-order valence-electron chi connectivity index (χ1n) is 5.84. The quantitative estimate of drug-likeness (QED) is 0.795. The Balaban J connectivity index is 2.42. The maximum Gasteiger partial charge on any atom is 0.223 e. The minimum atomic E-state index is 0.593. The number of hydrogen-bond donors (Lipinski definition) is 0. The highest BCUT2D eigenvalue weighted by atomic mass is 79.9. The van der Waals surface area contributed by atoms with Crippen molar-refractivity contribution in [3.8, 4) is 17.7 Å². The summed E-state index contributed by atoms with van der Waals surface area (Å²) < 4.78 is 5.91. The summed E-state index contributed by atoms with van der Waals surface area (Å²) in [5.74, 6) is 1.36. The summed E-state index contributed by atoms with van der Waals surface area (Å²) in [6.07, 6.45) is 1.70. The average molecular weight is 317 g/mol. The van der Waals surface area contributed by atoms with E-state index in [2.05, 4.69) is 27.0 Å². The van der Waals surface area contributed by atoms with E-state index in [0.29, 0.717) is 16.8 Å². The molecule has 1 aromatic heterocycles. The highest BCUT2D eigenvalue weighted by Gasteiger charge is 2.10. The number of nitrogens with zero attached hydrogens (tertiary/aromatic N) is 2. The fraction of sp³-hybridized carbons (Fsp3) is 0.200. The molecule has 2 aromatic rings. The van der Waals surface area contributed by atoms with Crippen molar-refractivity contribution in [1.82, 2.24) is 4.98 Å². The largest absolute Gasteiger partial charge is 0.438 e. The Hall–Kier alpha value is -1.86. The lowest BCUT2D eigenvalue weighted by molar-refractivity contribution is 0.452. The molecule has 3 nitrogen and oxygen atoms in total. The molecule has 96 valence electrons. The van der Waals surface area contributed by atoms with Gasteiger partial charge in [-0.15, -0.1) is 0 Å². The molecule has 2 rings (SSSR count). The van der Waals surface area contributed by atoms with E-state index in [9.17, 15) is 0 Å². The van der Waals surface area contributed by atoms with Crippen LogP contribution < -0.4 is 4.74 Å². The average Bonchev–Trinajstić information content (AvgIpc) is 2.43. The molecule has 0 aliphatic carbocycles. The van der Waals surface area contributed by atoms with E-state index in [1.54, 1.807) is 6.20 Å². The summed E-state index contributed by atoms with van der Waals surface area (Å²) in [5, 5.41) is 9.62. The van der Waals surface area contributed by atoms with Crippen LogP contribution in [0.15, 0.2) is 30.5 Å². The van der Waals surface area contributed by atoms with Crippen LogP contribution in [0.2, 0.25) is 0 Å². The molecule has 19 heavy (non-hydrogen) atoms. The van der Waals surface area contributed by atoms with Crippen molar-refractivity contribution in [3.63, 3.8) is 0 Å². The fourth-order valence-electron chi connectivity index (χ4n) is 1.89. The third-order valence-corrected chi connectivity index (χ3v) is 3.39. The zero-order valence-electron chi connectivity index (χ0n) is 10.8. The third kappa shape index (κ3) is 2.94. The van der Waals surface area contributed by atoms with Gasteiger partial charge in [0.2, 0.25) is 5.88 Å². The molecule has 0 spiro atoms. The van der Waals surface area contributed by atoms with Gasteiger partial charge < -0.3 is 4.74 Å². The summed E-state index contributed by atoms with van der Waals surface area (Å²) in [6, 6.07) is 9.62. The van der Waals surface area contributed by atoms with Gasteiger partial charge >= 0.3 is 0 Å². The van der Waals surface area contributed by atoms with Crippen LogP contribution in [0, 0.1) is 25.2 Å². The lowest BCUT2D eigenvalue weighted by Gasteiger charge is -2.13. The molecule has 0 atom stereocenters. The minimum absolute atomic E-state index is 0.593. The van der Waals surface area contributed by atoms with E-state index >= 15 is 0 Å². The Kier molecular flexibility index (Phi) is 4.18. The van der Waals surface area contributed by atoms with Gasteiger partial charge in [-0.05, 0) is 43.2 Å². The van der Waals surface area contributed by atoms with Gasteiger partial charge in [-0.3, -0.25) is 0 Å². The molecule has 0 bridgehead atoms. The van der Waals surface area contributed by atoms with Crippen molar-refractivity contribution >= 4 is 15.9 Å². The van der Waals surface area contributed by atoms with Gasteiger partial charge in [-0.1, -0.05) is 22.0 Å². The molecular formula is C15H13BrN2O. The van der Waals surface area contributed by atoms with E-state index in [4.69, 9.17) is 10.00 Å². The van der Waals surface area contributed by atoms with E-state index in [1.807, 2.05) is 38.1 Å². The second-order valence-corrected chi connectivity index (χ2v) is 4.82. The number of rotatable bonds is 3. The third-order valence-electron chi connectivity index (χ3n) is 2.78. The van der Waals surface area contributed by atoms with Crippen LogP contribution in [0.1, 0.15) is 22.3 Å². The van der Waals surface area contributed by atoms with Crippen molar-refractivity contribution in [2.75, 3.05) is 0 Å². The van der Waals surface area contributed by atoms with Gasteiger partial charge in [0.1, 0.15) is 5.75 Å². The zero-order chi connectivity index (χ0) is 13.8. The van der Waals surface area contributed by atoms with Crippen LogP contribution in [0.3, 0.4) is 0 Å². The number of hydrogen-bond acceptors (Lipinski definition) is 3. The lowest BCUT2D eigenvalue weighted by atomic mass is 10.1. The Morgan fingerprint density at radius 2 is 2.00 bits per heavy atom. The summed E-state index contributed by atoms with van der Waals surface area (Å²) in [5.41, 5.74) is 3.50. The van der Waals surface area contributed by atoms with E-state index in [0.717, 1.165) is 22.4 Å². The summed E-state index contributed by atoms with van der Waals surface area (Å²) in [4.78, 5) is 4.25. The van der Waals surface area contributed by atoms with Gasteiger partial charge in [0, 0.05) is 17.1 Å². The first kappa shape index (κ1) is 13.6. The number of aromatic nitrogens is 1. The van der Waals surface area contributed by atoms with Gasteiger partial charge in [0.15, 0.2) is 0 Å². The van der Waals surface area contributed by atoms with Crippen LogP contribution in [0.5, 0.6) is 11.6 Å². The van der Waals surface area contributed by atoms with Crippen molar-refractivity contribution in [3.05, 3.63) is 52.7 Å². The van der Waals surface area contributed by atoms with Crippen LogP contribution in [0.25, 0.3) is 0 Å². The number of halogens is 1. The van der Waals surface area contributed by atoms with Crippen molar-refractivity contribution in [1.29, 1.82) is 5.26 Å². The standard InChI is InChI=1S/C15H13BrN2O/c1-10-6-12(9-17)7-11(2)14(10)19-15-13(8-16)4-3-5-18-15/h3-7H,8H2,1-2H3. The molecule has 0 aliphatic heterocycles. The van der Waals surface area contributed by atoms with Crippen molar-refractivity contribution in [2.45, 2.75) is 19.2 Å². The molecule has 4 heteroatoms. The molecule has 0 saturated heterocycles. The summed E-state index contributed by atoms with van der Waals surface area (Å²) >= 11 is 3.42. The van der Waals surface area contributed by atoms with Gasteiger partial charge in [0.05, 0.1) is 11.6 Å². The molecule has 1 aromatic carbocycles. The Bertz CT molecular complexity index is 624. The molecule has 0 fully saturated rings. The van der Waals surface area contributed by atoms with E-state index in [1.165, 1.54) is 0 Å². The smallest absolute Gasteiger partial charge is 0.223 e. The molecule has 0 radical (unpaired) electrons. The Morgan fingerprint density at radius 3 is 2.58 bits per heavy atom. The van der Waals surface area contributed by atoms with Crippen molar-refractivity contribution < 1.29 is 4.74 Å². The predicted molar refractivity (Wildman–Crippen MR) is 77.6 cm³/mol. The lowest BCUT2D eigenvalue weighted by Crippen LogP contribution is -1.97. The van der Waals surface area contributed by atoms with Crippen LogP contribution in [-0.2, 0) is 5.33 Å². The monoisotopic (exact) mass is 316 g/mol. The maximum absolute atomic E-state index is 8.94. The number of benzene rings is 1. The summed E-state index contributed by atoms with van der Waals surface area (Å²) in [7, 11) is 0. The predicted octanol–water partition coefficient (Wildman–Crippen LogP) is 4.26. The summed E-state index contributed by atoms with van der Waals surface area (Å²) in [6.45, 7) is 3.86. The normalized spacial score (nSPS) is 10.0. The second kappa shape index (κ2) is 5.85. The molecule has 0 amide bonds. The van der Waals surface area contributed by atoms with Crippen LogP contribution in [0.4, 0.5) is 0 Å². The molecule has 0 unspecified atom stereocenters. The topological polar surface area (TPSA) is 45.9 Å². The zero-order valence-corrected chi connectivity index (χ0v) is 12.4. The van der Waals surface area contributed by atoms with Crippen LogP contribution >= 0.6 is 15.9 Å². The van der Waals surface area contributed by atoms with Crippen molar-refractivity contribution in [2.24, 2.45) is 0 Å². The van der Waals surface area contributed by atoms with E-state index in [-0.39, 0.29) is 0 Å². The molecule has 0 N–H and O–H groups in total. The number of ether oxygens (including phenoxy) is 1. The SMILES string of the molecule is Cc1cc(C#N)cc(C)c1Oc1ncccc1CBr. The fourth-order valence-corrected chi connectivity index (χ4v) is 2.32. The van der Waals surface area contributed by atoms with E-state index < -0.39 is 0 Å². The highest BCUT2D eigenvalue weighted by Crippen LogP contribution is 2.30. The molecule has 1 heterocycles. The van der Waals surface area contributed by atoms with Gasteiger partial charge in [-0.2, -0.15) is 5.26 Å².